The lowest BCUT2D eigenvalue weighted by molar-refractivity contribution is 0.305. The molecule has 1 heterocycles. The Kier molecular flexibility index (Phi) is 7.00. The minimum Gasteiger partial charge on any atom is -0.478 e. The Morgan fingerprint density at radius 2 is 2.14 bits per heavy atom. The van der Waals surface area contributed by atoms with Crippen LogP contribution in [0.5, 0.6) is 5.88 Å². The zero-order valence-corrected chi connectivity index (χ0v) is 13.8. The number of ether oxygens (including phenoxy) is 1. The summed E-state index contributed by atoms with van der Waals surface area (Å²) in [6, 6.07) is 4.51. The first kappa shape index (κ1) is 16.6. The van der Waals surface area contributed by atoms with Gasteiger partial charge >= 0.3 is 0 Å². The number of hydrogen-bond donors (Lipinski definition) is 2. The monoisotopic (exact) mass is 304 g/mol. The van der Waals surface area contributed by atoms with Gasteiger partial charge in [0.15, 0.2) is 5.96 Å². The molecule has 0 bridgehead atoms. The van der Waals surface area contributed by atoms with Crippen molar-refractivity contribution in [3.8, 4) is 5.88 Å². The van der Waals surface area contributed by atoms with Gasteiger partial charge in [0, 0.05) is 24.8 Å². The molecule has 0 spiro atoms. The molecule has 0 atom stereocenters. The van der Waals surface area contributed by atoms with Crippen molar-refractivity contribution in [3.63, 3.8) is 0 Å². The summed E-state index contributed by atoms with van der Waals surface area (Å²) >= 11 is 0. The van der Waals surface area contributed by atoms with Gasteiger partial charge in [-0.15, -0.1) is 0 Å². The highest BCUT2D eigenvalue weighted by molar-refractivity contribution is 5.80. The van der Waals surface area contributed by atoms with Gasteiger partial charge in [0.2, 0.25) is 5.88 Å². The van der Waals surface area contributed by atoms with Crippen molar-refractivity contribution in [1.29, 1.82) is 0 Å². The number of guanidine groups is 1. The molecule has 1 aliphatic carbocycles. The molecule has 2 rings (SSSR count). The van der Waals surface area contributed by atoms with Gasteiger partial charge in [0.05, 0.1) is 13.2 Å². The number of hydrogen-bond acceptors (Lipinski definition) is 3. The van der Waals surface area contributed by atoms with Gasteiger partial charge in [-0.2, -0.15) is 0 Å². The molecule has 1 aromatic heterocycles. The summed E-state index contributed by atoms with van der Waals surface area (Å²) in [6.45, 7) is 6.39. The van der Waals surface area contributed by atoms with E-state index in [9.17, 15) is 0 Å². The molecule has 0 saturated heterocycles. The fraction of sp³-hybridized carbons (Fsp3) is 0.647. The standard InChI is InChI=1S/C17H28N4O/c1-3-11-22-16-10-9-14(12-19-16)13-20-17(18-4-2)21-15-7-5-6-8-15/h9-10,12,15H,3-8,11,13H2,1-2H3,(H2,18,20,21). The first-order chi connectivity index (χ1) is 10.8. The summed E-state index contributed by atoms with van der Waals surface area (Å²) in [5, 5.41) is 6.83. The topological polar surface area (TPSA) is 58.5 Å². The largest absolute Gasteiger partial charge is 0.478 e. The average molecular weight is 304 g/mol. The van der Waals surface area contributed by atoms with Crippen LogP contribution in [0.1, 0.15) is 51.5 Å². The van der Waals surface area contributed by atoms with Gasteiger partial charge < -0.3 is 15.4 Å². The highest BCUT2D eigenvalue weighted by Gasteiger charge is 2.15. The van der Waals surface area contributed by atoms with Crippen LogP contribution in [0.2, 0.25) is 0 Å². The third kappa shape index (κ3) is 5.54. The molecule has 22 heavy (non-hydrogen) atoms. The van der Waals surface area contributed by atoms with Crippen molar-refractivity contribution in [3.05, 3.63) is 23.9 Å². The summed E-state index contributed by atoms with van der Waals surface area (Å²) in [4.78, 5) is 8.96. The van der Waals surface area contributed by atoms with E-state index in [0.29, 0.717) is 25.1 Å². The summed E-state index contributed by atoms with van der Waals surface area (Å²) in [5.74, 6) is 1.59. The lowest BCUT2D eigenvalue weighted by Gasteiger charge is -2.16. The van der Waals surface area contributed by atoms with Crippen LogP contribution in [0.4, 0.5) is 0 Å². The molecule has 122 valence electrons. The van der Waals surface area contributed by atoms with Crippen LogP contribution in [0.25, 0.3) is 0 Å². The predicted octanol–water partition coefficient (Wildman–Crippen LogP) is 2.87. The van der Waals surface area contributed by atoms with Crippen LogP contribution in [-0.4, -0.2) is 30.1 Å². The molecule has 0 aliphatic heterocycles. The number of nitrogens with one attached hydrogen (secondary N) is 2. The first-order valence-corrected chi connectivity index (χ1v) is 8.44. The fourth-order valence-electron chi connectivity index (χ4n) is 2.55. The Morgan fingerprint density at radius 1 is 1.32 bits per heavy atom. The van der Waals surface area contributed by atoms with E-state index in [-0.39, 0.29) is 0 Å². The maximum atomic E-state index is 5.49. The van der Waals surface area contributed by atoms with Crippen molar-refractivity contribution in [2.24, 2.45) is 4.99 Å². The first-order valence-electron chi connectivity index (χ1n) is 8.44. The van der Waals surface area contributed by atoms with Gasteiger partial charge in [0.25, 0.3) is 0 Å². The van der Waals surface area contributed by atoms with Crippen LogP contribution in [0.3, 0.4) is 0 Å². The lowest BCUT2D eigenvalue weighted by Crippen LogP contribution is -2.42. The second-order valence-corrected chi connectivity index (χ2v) is 5.67. The molecule has 1 aromatic rings. The van der Waals surface area contributed by atoms with Crippen molar-refractivity contribution in [2.75, 3.05) is 13.2 Å². The molecule has 1 aliphatic rings. The highest BCUT2D eigenvalue weighted by atomic mass is 16.5. The second-order valence-electron chi connectivity index (χ2n) is 5.67. The molecular weight excluding hydrogens is 276 g/mol. The maximum Gasteiger partial charge on any atom is 0.213 e. The molecule has 1 saturated carbocycles. The molecule has 0 aromatic carbocycles. The second kappa shape index (κ2) is 9.28. The van der Waals surface area contributed by atoms with Crippen LogP contribution in [0.15, 0.2) is 23.3 Å². The van der Waals surface area contributed by atoms with Crippen LogP contribution in [-0.2, 0) is 6.54 Å². The van der Waals surface area contributed by atoms with Crippen LogP contribution in [0, 0.1) is 0 Å². The van der Waals surface area contributed by atoms with Crippen LogP contribution >= 0.6 is 0 Å². The van der Waals surface area contributed by atoms with E-state index < -0.39 is 0 Å². The number of pyridine rings is 1. The van der Waals surface area contributed by atoms with Gasteiger partial charge in [0.1, 0.15) is 0 Å². The Bertz CT molecular complexity index is 452. The van der Waals surface area contributed by atoms with E-state index in [0.717, 1.165) is 24.5 Å². The van der Waals surface area contributed by atoms with Crippen molar-refractivity contribution in [2.45, 2.75) is 58.5 Å². The van der Waals surface area contributed by atoms with Gasteiger partial charge in [-0.1, -0.05) is 25.8 Å². The minimum atomic E-state index is 0.570. The predicted molar refractivity (Wildman–Crippen MR) is 90.2 cm³/mol. The molecule has 0 unspecified atom stereocenters. The van der Waals surface area contributed by atoms with E-state index in [2.05, 4.69) is 34.5 Å². The van der Waals surface area contributed by atoms with E-state index in [1.54, 1.807) is 0 Å². The summed E-state index contributed by atoms with van der Waals surface area (Å²) in [7, 11) is 0. The Labute approximate surface area is 133 Å². The third-order valence-corrected chi connectivity index (χ3v) is 3.71. The van der Waals surface area contributed by atoms with E-state index in [4.69, 9.17) is 4.74 Å². The smallest absolute Gasteiger partial charge is 0.213 e. The van der Waals surface area contributed by atoms with Crippen molar-refractivity contribution >= 4 is 5.96 Å². The number of aliphatic imine (C=N–C) groups is 1. The Balaban J connectivity index is 1.88. The zero-order valence-electron chi connectivity index (χ0n) is 13.8. The van der Waals surface area contributed by atoms with Crippen LogP contribution < -0.4 is 15.4 Å². The quantitative estimate of drug-likeness (QED) is 0.601. The Hall–Kier alpha value is -1.78. The summed E-state index contributed by atoms with van der Waals surface area (Å²) in [5.41, 5.74) is 1.09. The number of aromatic nitrogens is 1. The molecule has 5 nitrogen and oxygen atoms in total. The van der Waals surface area contributed by atoms with Gasteiger partial charge in [-0.3, -0.25) is 0 Å². The summed E-state index contributed by atoms with van der Waals surface area (Å²) < 4.78 is 5.49. The van der Waals surface area contributed by atoms with E-state index in [1.165, 1.54) is 25.7 Å². The van der Waals surface area contributed by atoms with E-state index in [1.807, 2.05) is 18.3 Å². The maximum absolute atomic E-state index is 5.49. The third-order valence-electron chi connectivity index (χ3n) is 3.71. The zero-order chi connectivity index (χ0) is 15.6. The molecule has 0 radical (unpaired) electrons. The molecule has 5 heteroatoms. The van der Waals surface area contributed by atoms with E-state index >= 15 is 0 Å². The molecule has 1 fully saturated rings. The van der Waals surface area contributed by atoms with Crippen molar-refractivity contribution < 1.29 is 4.74 Å². The molecule has 2 N–H and O–H groups in total. The molecular formula is C17H28N4O. The highest BCUT2D eigenvalue weighted by Crippen LogP contribution is 2.17. The molecule has 0 amide bonds. The lowest BCUT2D eigenvalue weighted by atomic mass is 10.2. The van der Waals surface area contributed by atoms with Gasteiger partial charge in [-0.25, -0.2) is 9.98 Å². The SMILES string of the molecule is CCCOc1ccc(CN=C(NCC)NC2CCCC2)cn1. The summed E-state index contributed by atoms with van der Waals surface area (Å²) in [6.07, 6.45) is 7.96. The average Bonchev–Trinajstić information content (AvgIpc) is 3.05. The van der Waals surface area contributed by atoms with Gasteiger partial charge in [-0.05, 0) is 31.7 Å². The number of nitrogens with zero attached hydrogens (tertiary/aromatic N) is 2. The number of rotatable bonds is 7. The fourth-order valence-corrected chi connectivity index (χ4v) is 2.55. The minimum absolute atomic E-state index is 0.570. The Morgan fingerprint density at radius 3 is 2.77 bits per heavy atom. The van der Waals surface area contributed by atoms with Crippen molar-refractivity contribution in [1.82, 2.24) is 15.6 Å². The normalized spacial score (nSPS) is 15.8.